The van der Waals surface area contributed by atoms with Gasteiger partial charge < -0.3 is 20.4 Å². The highest BCUT2D eigenvalue weighted by molar-refractivity contribution is 5.49. The number of fused-ring (bicyclic) bond motifs is 4. The zero-order valence-electron chi connectivity index (χ0n) is 27.6. The van der Waals surface area contributed by atoms with Crippen molar-refractivity contribution in [3.8, 4) is 23.0 Å². The fraction of sp³-hybridized carbons (Fsp3) is 0.238. The molecule has 4 N–H and O–H groups in total. The third kappa shape index (κ3) is 10.6. The minimum atomic E-state index is 0.313. The molecule has 0 radical (unpaired) electrons. The van der Waals surface area contributed by atoms with E-state index >= 15 is 0 Å². The molecule has 0 aromatic heterocycles. The Labute approximate surface area is 275 Å². The van der Waals surface area contributed by atoms with Gasteiger partial charge in [0.2, 0.25) is 0 Å². The van der Waals surface area contributed by atoms with Gasteiger partial charge in [-0.05, 0) is 97.9 Å². The smallest absolute Gasteiger partial charge is 0.122 e. The maximum absolute atomic E-state index is 10.5. The first kappa shape index (κ1) is 35.5. The van der Waals surface area contributed by atoms with Crippen molar-refractivity contribution in [2.24, 2.45) is 0 Å². The van der Waals surface area contributed by atoms with Gasteiger partial charge in [0, 0.05) is 12.8 Å². The molecule has 4 aromatic rings. The molecule has 0 saturated heterocycles. The summed E-state index contributed by atoms with van der Waals surface area (Å²) in [5.74, 6) is 1.30. The van der Waals surface area contributed by atoms with Gasteiger partial charge in [-0.25, -0.2) is 0 Å². The van der Waals surface area contributed by atoms with Crippen molar-refractivity contribution in [3.63, 3.8) is 0 Å². The van der Waals surface area contributed by atoms with Crippen LogP contribution in [-0.4, -0.2) is 20.4 Å². The summed E-state index contributed by atoms with van der Waals surface area (Å²) < 4.78 is 0. The molecule has 46 heavy (non-hydrogen) atoms. The van der Waals surface area contributed by atoms with Crippen LogP contribution >= 0.6 is 0 Å². The third-order valence-corrected chi connectivity index (χ3v) is 7.84. The lowest BCUT2D eigenvalue weighted by molar-refractivity contribution is 0.457. The van der Waals surface area contributed by atoms with E-state index in [1.165, 1.54) is 0 Å². The second-order valence-corrected chi connectivity index (χ2v) is 11.3. The van der Waals surface area contributed by atoms with Crippen LogP contribution in [0.2, 0.25) is 0 Å². The van der Waals surface area contributed by atoms with E-state index in [1.807, 2.05) is 100 Å². The zero-order chi connectivity index (χ0) is 33.3. The molecular weight excluding hydrogens is 568 g/mol. The molecule has 4 heteroatoms. The van der Waals surface area contributed by atoms with Crippen LogP contribution in [0.25, 0.3) is 0 Å². The highest BCUT2D eigenvalue weighted by Gasteiger charge is 2.12. The van der Waals surface area contributed by atoms with Gasteiger partial charge in [0.25, 0.3) is 0 Å². The Morgan fingerprint density at radius 2 is 0.935 bits per heavy atom. The van der Waals surface area contributed by atoms with E-state index in [4.69, 9.17) is 0 Å². The largest absolute Gasteiger partial charge is 0.507 e. The van der Waals surface area contributed by atoms with Gasteiger partial charge in [0.05, 0.1) is 0 Å². The quantitative estimate of drug-likeness (QED) is 0.172. The van der Waals surface area contributed by atoms with Crippen molar-refractivity contribution in [1.82, 2.24) is 0 Å². The predicted molar refractivity (Wildman–Crippen MR) is 192 cm³/mol. The van der Waals surface area contributed by atoms with E-state index in [2.05, 4.69) is 48.6 Å². The highest BCUT2D eigenvalue weighted by atomic mass is 16.3. The number of hydrogen-bond acceptors (Lipinski definition) is 4. The van der Waals surface area contributed by atoms with Crippen LogP contribution in [0.4, 0.5) is 0 Å². The lowest BCUT2D eigenvalue weighted by Gasteiger charge is -2.12. The van der Waals surface area contributed by atoms with Crippen molar-refractivity contribution in [3.05, 3.63) is 166 Å². The van der Waals surface area contributed by atoms with Gasteiger partial charge in [-0.3, -0.25) is 0 Å². The van der Waals surface area contributed by atoms with Gasteiger partial charge in [-0.2, -0.15) is 0 Å². The van der Waals surface area contributed by atoms with E-state index in [9.17, 15) is 20.4 Å². The van der Waals surface area contributed by atoms with Gasteiger partial charge >= 0.3 is 0 Å². The summed E-state index contributed by atoms with van der Waals surface area (Å²) in [5.41, 5.74) is 6.94. The van der Waals surface area contributed by atoms with Gasteiger partial charge in [-0.15, -0.1) is 0 Å². The number of allylic oxidation sites excluding steroid dienone is 8. The summed E-state index contributed by atoms with van der Waals surface area (Å²) in [6, 6.07) is 23.0. The first-order chi connectivity index (χ1) is 22.3. The number of rotatable bonds is 4. The molecule has 0 aliphatic heterocycles. The summed E-state index contributed by atoms with van der Waals surface area (Å²) in [6.45, 7) is 7.80. The number of para-hydroxylation sites is 4. The lowest BCUT2D eigenvalue weighted by Crippen LogP contribution is -1.95. The fourth-order valence-corrected chi connectivity index (χ4v) is 5.08. The third-order valence-electron chi connectivity index (χ3n) is 7.84. The highest BCUT2D eigenvalue weighted by Crippen LogP contribution is 2.31. The number of phenols is 4. The molecule has 0 fully saturated rings. The second kappa shape index (κ2) is 18.8. The van der Waals surface area contributed by atoms with Crippen molar-refractivity contribution in [2.75, 3.05) is 0 Å². The predicted octanol–water partition coefficient (Wildman–Crippen LogP) is 10.1. The summed E-state index contributed by atoms with van der Waals surface area (Å²) in [4.78, 5) is 0. The van der Waals surface area contributed by atoms with E-state index < -0.39 is 0 Å². The Morgan fingerprint density at radius 1 is 0.522 bits per heavy atom. The molecule has 0 atom stereocenters. The first-order valence-corrected chi connectivity index (χ1v) is 15.9. The molecule has 1 aliphatic carbocycles. The van der Waals surface area contributed by atoms with Crippen LogP contribution in [0, 0.1) is 13.8 Å². The molecule has 0 unspecified atom stereocenters. The van der Waals surface area contributed by atoms with Gasteiger partial charge in [0.1, 0.15) is 23.0 Å². The van der Waals surface area contributed by atoms with Crippen LogP contribution in [0.5, 0.6) is 23.0 Å². The Hall–Kier alpha value is -4.96. The molecule has 0 saturated carbocycles. The van der Waals surface area contributed by atoms with Crippen LogP contribution in [0.1, 0.15) is 71.2 Å². The fourth-order valence-electron chi connectivity index (χ4n) is 5.08. The zero-order valence-corrected chi connectivity index (χ0v) is 27.6. The molecule has 1 aliphatic rings. The van der Waals surface area contributed by atoms with Gasteiger partial charge in [0.15, 0.2) is 0 Å². The number of hydrogen-bond donors (Lipinski definition) is 4. The Kier molecular flexibility index (Phi) is 14.5. The molecule has 240 valence electrons. The minimum Gasteiger partial charge on any atom is -0.507 e. The lowest BCUT2D eigenvalue weighted by atomic mass is 9.96. The van der Waals surface area contributed by atoms with Crippen LogP contribution in [-0.2, 0) is 25.7 Å². The van der Waals surface area contributed by atoms with Gasteiger partial charge in [-0.1, -0.05) is 121 Å². The van der Waals surface area contributed by atoms with Crippen molar-refractivity contribution in [1.29, 1.82) is 0 Å². The molecule has 4 bridgehead atoms. The van der Waals surface area contributed by atoms with E-state index in [1.54, 1.807) is 0 Å². The normalized spacial score (nSPS) is 14.0. The van der Waals surface area contributed by atoms with Crippen LogP contribution < -0.4 is 0 Å². The Bertz CT molecular complexity index is 1550. The molecule has 0 spiro atoms. The molecular formula is C42H48O4. The number of aromatic hydroxyl groups is 4. The maximum atomic E-state index is 10.5. The van der Waals surface area contributed by atoms with Crippen LogP contribution in [0.3, 0.4) is 0 Å². The average Bonchev–Trinajstić information content (AvgIpc) is 3.05. The molecule has 4 nitrogen and oxygen atoms in total. The Morgan fingerprint density at radius 3 is 1.37 bits per heavy atom. The monoisotopic (exact) mass is 616 g/mol. The molecule has 4 aromatic carbocycles. The number of aryl methyl sites for hydroxylation is 2. The van der Waals surface area contributed by atoms with E-state index in [0.29, 0.717) is 35.8 Å². The summed E-state index contributed by atoms with van der Waals surface area (Å²) in [5, 5.41) is 40.8. The summed E-state index contributed by atoms with van der Waals surface area (Å²) in [7, 11) is 0. The molecule has 5 rings (SSSR count). The molecule has 0 heterocycles. The van der Waals surface area contributed by atoms with E-state index in [0.717, 1.165) is 70.2 Å². The topological polar surface area (TPSA) is 80.9 Å². The summed E-state index contributed by atoms with van der Waals surface area (Å²) in [6.07, 6.45) is 21.2. The minimum absolute atomic E-state index is 0.313. The first-order valence-electron chi connectivity index (χ1n) is 15.9. The maximum Gasteiger partial charge on any atom is 0.122 e. The van der Waals surface area contributed by atoms with E-state index in [-0.39, 0.29) is 0 Å². The van der Waals surface area contributed by atoms with Crippen molar-refractivity contribution >= 4 is 0 Å². The van der Waals surface area contributed by atoms with Crippen LogP contribution in [0.15, 0.2) is 121 Å². The second-order valence-electron chi connectivity index (χ2n) is 11.3. The summed E-state index contributed by atoms with van der Waals surface area (Å²) >= 11 is 0. The standard InChI is InChI=1S/C20H20O2.C15H16O2.C7H12/c21-19-15-8-4-2-1-3-5-9-16-11-7-13-18(20(16)22)14-17(19)12-6-10-15;1-10-5-3-7-12(14(10)16)9-13-8-4-6-11(2)15(13)17;1-3-5-7-6-4-2/h2-7,10-13,21-22H,1,8-9,14H2;3-8,16-17H,9H2,1-2H3;3-6H,7H2,1-2H3/b4-2-,5-3-;;. The van der Waals surface area contributed by atoms with Crippen molar-refractivity contribution in [2.45, 2.75) is 66.2 Å². The molecule has 0 amide bonds. The average molecular weight is 617 g/mol. The SMILES string of the molecule is CC=CCC=CC.Cc1cccc(Cc2cccc(C)c2O)c1O.Oc1c2cccc1Cc1cccc(c1O)C/C=C\C/C=C\C2. The Balaban J connectivity index is 0.000000213. The number of benzene rings is 4. The number of phenolic OH excluding ortho intramolecular Hbond substituents is 4. The van der Waals surface area contributed by atoms with Crippen molar-refractivity contribution < 1.29 is 20.4 Å².